The molecule has 0 radical (unpaired) electrons. The minimum Gasteiger partial charge on any atom is -0.467 e. The van der Waals surface area contributed by atoms with E-state index >= 15 is 0 Å². The highest BCUT2D eigenvalue weighted by molar-refractivity contribution is 5.94. The predicted octanol–water partition coefficient (Wildman–Crippen LogP) is 2.48. The minimum absolute atomic E-state index is 0. The molecule has 0 aromatic carbocycles. The van der Waals surface area contributed by atoms with Gasteiger partial charge in [0.2, 0.25) is 0 Å². The van der Waals surface area contributed by atoms with Gasteiger partial charge < -0.3 is 20.2 Å². The summed E-state index contributed by atoms with van der Waals surface area (Å²) in [7, 11) is 1.74. The molecule has 1 aromatic rings. The Kier molecular flexibility index (Phi) is 6.25. The first kappa shape index (κ1) is 18.0. The Morgan fingerprint density at radius 1 is 1.52 bits per heavy atom. The van der Waals surface area contributed by atoms with Crippen LogP contribution in [0.5, 0.6) is 0 Å². The van der Waals surface area contributed by atoms with Crippen LogP contribution >= 0.6 is 12.4 Å². The first-order valence-electron chi connectivity index (χ1n) is 7.22. The fourth-order valence-corrected chi connectivity index (χ4v) is 3.33. The topological polar surface area (TPSA) is 77.5 Å². The highest BCUT2D eigenvalue weighted by Crippen LogP contribution is 2.48. The number of rotatable bonds is 6. The zero-order chi connectivity index (χ0) is 14.8. The van der Waals surface area contributed by atoms with E-state index in [2.05, 4.69) is 19.2 Å². The van der Waals surface area contributed by atoms with Crippen molar-refractivity contribution in [1.82, 2.24) is 5.32 Å². The fraction of sp³-hybridized carbons (Fsp3) is 0.667. The van der Waals surface area contributed by atoms with Crippen molar-refractivity contribution in [3.05, 3.63) is 23.7 Å². The van der Waals surface area contributed by atoms with Crippen LogP contribution in [0.2, 0.25) is 0 Å². The average molecular weight is 317 g/mol. The highest BCUT2D eigenvalue weighted by atomic mass is 35.5. The van der Waals surface area contributed by atoms with Crippen molar-refractivity contribution in [2.45, 2.75) is 51.8 Å². The van der Waals surface area contributed by atoms with E-state index in [-0.39, 0.29) is 35.9 Å². The van der Waals surface area contributed by atoms with Crippen LogP contribution in [0, 0.1) is 5.41 Å². The summed E-state index contributed by atoms with van der Waals surface area (Å²) < 4.78 is 10.7. The Labute approximate surface area is 132 Å². The van der Waals surface area contributed by atoms with E-state index in [1.165, 1.54) is 6.26 Å². The van der Waals surface area contributed by atoms with Gasteiger partial charge in [-0.25, -0.2) is 0 Å². The standard InChI is InChI=1S/C15H24N2O3.ClH/c1-4-15(5-2)12(7-13(15)19-3)17-14(18)10-6-11(8-16)20-9-10;/h6,9,12-13H,4-5,7-8,16H2,1-3H3,(H,17,18);1H. The smallest absolute Gasteiger partial charge is 0.254 e. The Bertz CT molecular complexity index is 471. The van der Waals surface area contributed by atoms with E-state index < -0.39 is 0 Å². The molecule has 1 aliphatic carbocycles. The third-order valence-corrected chi connectivity index (χ3v) is 4.81. The molecule has 5 nitrogen and oxygen atoms in total. The van der Waals surface area contributed by atoms with Crippen molar-refractivity contribution in [2.75, 3.05) is 7.11 Å². The van der Waals surface area contributed by atoms with Gasteiger partial charge >= 0.3 is 0 Å². The normalized spacial score (nSPS) is 23.0. The zero-order valence-electron chi connectivity index (χ0n) is 12.8. The molecular weight excluding hydrogens is 292 g/mol. The van der Waals surface area contributed by atoms with Gasteiger partial charge in [0.1, 0.15) is 12.0 Å². The van der Waals surface area contributed by atoms with E-state index in [9.17, 15) is 4.79 Å². The average Bonchev–Trinajstić information content (AvgIpc) is 2.93. The van der Waals surface area contributed by atoms with Crippen molar-refractivity contribution < 1.29 is 13.9 Å². The number of carbonyl (C=O) groups excluding carboxylic acids is 1. The summed E-state index contributed by atoms with van der Waals surface area (Å²) >= 11 is 0. The molecule has 120 valence electrons. The van der Waals surface area contributed by atoms with Crippen LogP contribution in [0.3, 0.4) is 0 Å². The zero-order valence-corrected chi connectivity index (χ0v) is 13.7. The number of hydrogen-bond acceptors (Lipinski definition) is 4. The van der Waals surface area contributed by atoms with Gasteiger partial charge in [0, 0.05) is 18.6 Å². The maximum absolute atomic E-state index is 12.2. The van der Waals surface area contributed by atoms with Crippen molar-refractivity contribution in [3.8, 4) is 0 Å². The molecule has 0 aliphatic heterocycles. The number of nitrogens with one attached hydrogen (secondary N) is 1. The van der Waals surface area contributed by atoms with Crippen LogP contribution in [0.4, 0.5) is 0 Å². The molecule has 2 unspecified atom stereocenters. The second-order valence-corrected chi connectivity index (χ2v) is 5.43. The van der Waals surface area contributed by atoms with E-state index in [0.717, 1.165) is 19.3 Å². The van der Waals surface area contributed by atoms with Crippen molar-refractivity contribution in [2.24, 2.45) is 11.1 Å². The molecule has 1 saturated carbocycles. The Hall–Kier alpha value is -1.04. The van der Waals surface area contributed by atoms with E-state index in [1.54, 1.807) is 13.2 Å². The molecule has 1 fully saturated rings. The lowest BCUT2D eigenvalue weighted by molar-refractivity contribution is -0.120. The first-order chi connectivity index (χ1) is 9.61. The highest BCUT2D eigenvalue weighted by Gasteiger charge is 2.53. The fourth-order valence-electron chi connectivity index (χ4n) is 3.33. The molecule has 2 atom stereocenters. The number of nitrogens with two attached hydrogens (primary N) is 1. The molecule has 6 heteroatoms. The molecule has 0 spiro atoms. The lowest BCUT2D eigenvalue weighted by atomic mass is 9.58. The Balaban J connectivity index is 0.00000220. The van der Waals surface area contributed by atoms with Crippen molar-refractivity contribution >= 4 is 18.3 Å². The van der Waals surface area contributed by atoms with E-state index in [4.69, 9.17) is 14.9 Å². The molecular formula is C15H25ClN2O3. The van der Waals surface area contributed by atoms with Crippen LogP contribution in [0.1, 0.15) is 49.2 Å². The number of halogens is 1. The van der Waals surface area contributed by atoms with Gasteiger partial charge in [-0.05, 0) is 25.3 Å². The van der Waals surface area contributed by atoms with Gasteiger partial charge in [-0.1, -0.05) is 13.8 Å². The maximum atomic E-state index is 12.2. The quantitative estimate of drug-likeness (QED) is 0.845. The van der Waals surface area contributed by atoms with E-state index in [1.807, 2.05) is 0 Å². The van der Waals surface area contributed by atoms with Gasteiger partial charge in [-0.2, -0.15) is 0 Å². The van der Waals surface area contributed by atoms with Crippen LogP contribution in [-0.4, -0.2) is 25.2 Å². The summed E-state index contributed by atoms with van der Waals surface area (Å²) in [5.41, 5.74) is 6.06. The van der Waals surface area contributed by atoms with Crippen LogP contribution in [0.25, 0.3) is 0 Å². The third kappa shape index (κ3) is 3.10. The summed E-state index contributed by atoms with van der Waals surface area (Å²) in [6.07, 6.45) is 4.54. The third-order valence-electron chi connectivity index (χ3n) is 4.81. The van der Waals surface area contributed by atoms with Gasteiger partial charge in [-0.3, -0.25) is 4.79 Å². The van der Waals surface area contributed by atoms with E-state index in [0.29, 0.717) is 17.9 Å². The summed E-state index contributed by atoms with van der Waals surface area (Å²) in [6.45, 7) is 4.60. The molecule has 1 heterocycles. The largest absolute Gasteiger partial charge is 0.467 e. The molecule has 2 rings (SSSR count). The second-order valence-electron chi connectivity index (χ2n) is 5.43. The summed E-state index contributed by atoms with van der Waals surface area (Å²) in [5, 5.41) is 3.11. The van der Waals surface area contributed by atoms with Crippen molar-refractivity contribution in [1.29, 1.82) is 0 Å². The summed E-state index contributed by atoms with van der Waals surface area (Å²) in [5.74, 6) is 0.523. The molecule has 1 amide bonds. The number of furan rings is 1. The lowest BCUT2D eigenvalue weighted by Crippen LogP contribution is -2.64. The van der Waals surface area contributed by atoms with Crippen LogP contribution in [0.15, 0.2) is 16.7 Å². The summed E-state index contributed by atoms with van der Waals surface area (Å²) in [4.78, 5) is 12.2. The number of carbonyl (C=O) groups is 1. The molecule has 1 aromatic heterocycles. The SMILES string of the molecule is CCC1(CC)C(NC(=O)c2coc(CN)c2)CC1OC.Cl. The molecule has 0 saturated heterocycles. The lowest BCUT2D eigenvalue weighted by Gasteiger charge is -2.55. The van der Waals surface area contributed by atoms with Crippen LogP contribution < -0.4 is 11.1 Å². The number of methoxy groups -OCH3 is 1. The maximum Gasteiger partial charge on any atom is 0.254 e. The van der Waals surface area contributed by atoms with Crippen molar-refractivity contribution in [3.63, 3.8) is 0 Å². The van der Waals surface area contributed by atoms with Gasteiger partial charge in [0.15, 0.2) is 0 Å². The Morgan fingerprint density at radius 2 is 2.19 bits per heavy atom. The Morgan fingerprint density at radius 3 is 2.67 bits per heavy atom. The number of hydrogen-bond donors (Lipinski definition) is 2. The number of ether oxygens (including phenoxy) is 1. The van der Waals surface area contributed by atoms with Gasteiger partial charge in [0.05, 0.1) is 18.2 Å². The second kappa shape index (κ2) is 7.29. The monoisotopic (exact) mass is 316 g/mol. The molecule has 0 bridgehead atoms. The molecule has 3 N–H and O–H groups in total. The van der Waals surface area contributed by atoms with Gasteiger partial charge in [-0.15, -0.1) is 12.4 Å². The molecule has 21 heavy (non-hydrogen) atoms. The minimum atomic E-state index is -0.0979. The predicted molar refractivity (Wildman–Crippen MR) is 83.5 cm³/mol. The van der Waals surface area contributed by atoms with Gasteiger partial charge in [0.25, 0.3) is 5.91 Å². The first-order valence-corrected chi connectivity index (χ1v) is 7.22. The van der Waals surface area contributed by atoms with Crippen LogP contribution in [-0.2, 0) is 11.3 Å². The number of amides is 1. The molecule has 1 aliphatic rings. The summed E-state index contributed by atoms with van der Waals surface area (Å²) in [6, 6.07) is 1.85.